The molecule has 1 saturated carbocycles. The van der Waals surface area contributed by atoms with Crippen LogP contribution in [0.5, 0.6) is 0 Å². The molecular formula is C16H24N2O. The number of rotatable bonds is 2. The van der Waals surface area contributed by atoms with Gasteiger partial charge in [-0.2, -0.15) is 0 Å². The molecule has 0 saturated heterocycles. The fraction of sp³-hybridized carbons (Fsp3) is 0.562. The molecule has 3 nitrogen and oxygen atoms in total. The third kappa shape index (κ3) is 2.91. The number of amides is 1. The molecule has 2 rings (SSSR count). The fourth-order valence-corrected chi connectivity index (χ4v) is 2.81. The molecule has 3 heteroatoms. The van der Waals surface area contributed by atoms with Gasteiger partial charge in [-0.05, 0) is 49.9 Å². The maximum Gasteiger partial charge on any atom is 0.230 e. The van der Waals surface area contributed by atoms with Crippen LogP contribution in [0.2, 0.25) is 0 Å². The molecule has 1 amide bonds. The van der Waals surface area contributed by atoms with Crippen LogP contribution in [0.1, 0.15) is 50.2 Å². The van der Waals surface area contributed by atoms with E-state index >= 15 is 0 Å². The zero-order valence-electron chi connectivity index (χ0n) is 12.2. The first-order valence-electron chi connectivity index (χ1n) is 7.10. The zero-order valence-corrected chi connectivity index (χ0v) is 12.2. The SMILES string of the molecule is Cc1cc(NC(=O)C2(C)CCCCC2)c(C)cc1N. The normalized spacial score (nSPS) is 18.1. The first-order valence-corrected chi connectivity index (χ1v) is 7.10. The van der Waals surface area contributed by atoms with Gasteiger partial charge in [0.05, 0.1) is 0 Å². The van der Waals surface area contributed by atoms with Crippen molar-refractivity contribution < 1.29 is 4.79 Å². The van der Waals surface area contributed by atoms with Gasteiger partial charge in [0.1, 0.15) is 0 Å². The van der Waals surface area contributed by atoms with Crippen LogP contribution in [0.3, 0.4) is 0 Å². The van der Waals surface area contributed by atoms with Crippen LogP contribution in [0.25, 0.3) is 0 Å². The number of nitrogens with one attached hydrogen (secondary N) is 1. The van der Waals surface area contributed by atoms with Crippen molar-refractivity contribution in [3.63, 3.8) is 0 Å². The smallest absolute Gasteiger partial charge is 0.230 e. The zero-order chi connectivity index (χ0) is 14.0. The summed E-state index contributed by atoms with van der Waals surface area (Å²) in [4.78, 5) is 12.5. The molecule has 3 N–H and O–H groups in total. The van der Waals surface area contributed by atoms with E-state index in [1.807, 2.05) is 26.0 Å². The van der Waals surface area contributed by atoms with Crippen LogP contribution >= 0.6 is 0 Å². The summed E-state index contributed by atoms with van der Waals surface area (Å²) < 4.78 is 0. The predicted octanol–water partition coefficient (Wildman–Crippen LogP) is 3.79. The van der Waals surface area contributed by atoms with E-state index < -0.39 is 0 Å². The Labute approximate surface area is 115 Å². The number of hydrogen-bond acceptors (Lipinski definition) is 2. The van der Waals surface area contributed by atoms with Crippen LogP contribution in [0.15, 0.2) is 12.1 Å². The lowest BCUT2D eigenvalue weighted by Crippen LogP contribution is -2.35. The average molecular weight is 260 g/mol. The third-order valence-electron chi connectivity index (χ3n) is 4.37. The van der Waals surface area contributed by atoms with Gasteiger partial charge in [-0.1, -0.05) is 26.2 Å². The lowest BCUT2D eigenvalue weighted by Gasteiger charge is -2.32. The molecule has 104 valence electrons. The van der Waals surface area contributed by atoms with E-state index in [0.29, 0.717) is 0 Å². The van der Waals surface area contributed by atoms with Crippen molar-refractivity contribution in [1.82, 2.24) is 0 Å². The number of carbonyl (C=O) groups is 1. The second kappa shape index (κ2) is 5.24. The molecule has 0 aromatic heterocycles. The summed E-state index contributed by atoms with van der Waals surface area (Å²) in [7, 11) is 0. The van der Waals surface area contributed by atoms with Gasteiger partial charge < -0.3 is 11.1 Å². The summed E-state index contributed by atoms with van der Waals surface area (Å²) in [6.45, 7) is 6.03. The van der Waals surface area contributed by atoms with Crippen LogP contribution < -0.4 is 11.1 Å². The monoisotopic (exact) mass is 260 g/mol. The summed E-state index contributed by atoms with van der Waals surface area (Å²) in [5, 5.41) is 3.09. The Balaban J connectivity index is 2.16. The second-order valence-electron chi connectivity index (χ2n) is 6.10. The molecule has 0 aliphatic heterocycles. The van der Waals surface area contributed by atoms with Crippen molar-refractivity contribution in [1.29, 1.82) is 0 Å². The van der Waals surface area contributed by atoms with Crippen molar-refractivity contribution >= 4 is 17.3 Å². The number of aryl methyl sites for hydroxylation is 2. The fourth-order valence-electron chi connectivity index (χ4n) is 2.81. The van der Waals surface area contributed by atoms with E-state index in [-0.39, 0.29) is 11.3 Å². The van der Waals surface area contributed by atoms with Crippen LogP contribution in [0, 0.1) is 19.3 Å². The number of benzene rings is 1. The number of hydrogen-bond donors (Lipinski definition) is 2. The topological polar surface area (TPSA) is 55.1 Å². The Bertz CT molecular complexity index is 488. The molecule has 0 bridgehead atoms. The van der Waals surface area contributed by atoms with Gasteiger partial charge in [0.25, 0.3) is 0 Å². The van der Waals surface area contributed by atoms with Gasteiger partial charge in [0.2, 0.25) is 5.91 Å². The lowest BCUT2D eigenvalue weighted by atomic mass is 9.75. The maximum absolute atomic E-state index is 12.5. The Hall–Kier alpha value is -1.51. The van der Waals surface area contributed by atoms with E-state index in [0.717, 1.165) is 48.2 Å². The van der Waals surface area contributed by atoms with Crippen molar-refractivity contribution in [2.45, 2.75) is 52.9 Å². The molecule has 1 aliphatic rings. The van der Waals surface area contributed by atoms with Crippen molar-refractivity contribution in [3.05, 3.63) is 23.3 Å². The summed E-state index contributed by atoms with van der Waals surface area (Å²) in [6, 6.07) is 3.89. The Kier molecular flexibility index (Phi) is 3.83. The summed E-state index contributed by atoms with van der Waals surface area (Å²) >= 11 is 0. The van der Waals surface area contributed by atoms with Crippen molar-refractivity contribution in [2.75, 3.05) is 11.1 Å². The Morgan fingerprint density at radius 2 is 1.79 bits per heavy atom. The highest BCUT2D eigenvalue weighted by molar-refractivity contribution is 5.96. The van der Waals surface area contributed by atoms with Gasteiger partial charge in [0.15, 0.2) is 0 Å². The molecule has 0 unspecified atom stereocenters. The molecular weight excluding hydrogens is 236 g/mol. The van der Waals surface area contributed by atoms with Crippen molar-refractivity contribution in [2.24, 2.45) is 5.41 Å². The Morgan fingerprint density at radius 3 is 2.42 bits per heavy atom. The Morgan fingerprint density at radius 1 is 1.16 bits per heavy atom. The molecule has 0 spiro atoms. The van der Waals surface area contributed by atoms with E-state index in [2.05, 4.69) is 12.2 Å². The van der Waals surface area contributed by atoms with E-state index in [1.54, 1.807) is 0 Å². The minimum absolute atomic E-state index is 0.152. The summed E-state index contributed by atoms with van der Waals surface area (Å²) in [5.74, 6) is 0.152. The van der Waals surface area contributed by atoms with Gasteiger partial charge in [-0.25, -0.2) is 0 Å². The largest absolute Gasteiger partial charge is 0.399 e. The second-order valence-corrected chi connectivity index (χ2v) is 6.10. The van der Waals surface area contributed by atoms with Gasteiger partial charge in [0, 0.05) is 16.8 Å². The van der Waals surface area contributed by atoms with Gasteiger partial charge in [-0.3, -0.25) is 4.79 Å². The first kappa shape index (κ1) is 13.9. The molecule has 0 heterocycles. The number of nitrogens with two attached hydrogens (primary N) is 1. The molecule has 0 radical (unpaired) electrons. The highest BCUT2D eigenvalue weighted by Crippen LogP contribution is 2.37. The number of nitrogen functional groups attached to an aromatic ring is 1. The minimum atomic E-state index is -0.208. The van der Waals surface area contributed by atoms with Gasteiger partial charge in [-0.15, -0.1) is 0 Å². The van der Waals surface area contributed by atoms with E-state index in [1.165, 1.54) is 6.42 Å². The average Bonchev–Trinajstić information content (AvgIpc) is 2.36. The van der Waals surface area contributed by atoms with Crippen LogP contribution in [-0.4, -0.2) is 5.91 Å². The van der Waals surface area contributed by atoms with Crippen LogP contribution in [-0.2, 0) is 4.79 Å². The standard InChI is InChI=1S/C16H24N2O/c1-11-10-14(12(2)9-13(11)17)18-15(19)16(3)7-5-4-6-8-16/h9-10H,4-8,17H2,1-3H3,(H,18,19). The highest BCUT2D eigenvalue weighted by Gasteiger charge is 2.34. The van der Waals surface area contributed by atoms with E-state index in [4.69, 9.17) is 5.73 Å². The first-order chi connectivity index (χ1) is 8.92. The van der Waals surface area contributed by atoms with Crippen molar-refractivity contribution in [3.8, 4) is 0 Å². The molecule has 1 fully saturated rings. The molecule has 1 aromatic rings. The quantitative estimate of drug-likeness (QED) is 0.795. The molecule has 1 aromatic carbocycles. The summed E-state index contributed by atoms with van der Waals surface area (Å²) in [5.41, 5.74) is 9.37. The van der Waals surface area contributed by atoms with E-state index in [9.17, 15) is 4.79 Å². The number of anilines is 2. The molecule has 19 heavy (non-hydrogen) atoms. The lowest BCUT2D eigenvalue weighted by molar-refractivity contribution is -0.126. The van der Waals surface area contributed by atoms with Crippen LogP contribution in [0.4, 0.5) is 11.4 Å². The minimum Gasteiger partial charge on any atom is -0.399 e. The molecule has 1 aliphatic carbocycles. The number of carbonyl (C=O) groups excluding carboxylic acids is 1. The highest BCUT2D eigenvalue weighted by atomic mass is 16.2. The van der Waals surface area contributed by atoms with Gasteiger partial charge >= 0.3 is 0 Å². The summed E-state index contributed by atoms with van der Waals surface area (Å²) in [6.07, 6.45) is 5.55. The third-order valence-corrected chi connectivity index (χ3v) is 4.37. The predicted molar refractivity (Wildman–Crippen MR) is 80.2 cm³/mol. The molecule has 0 atom stereocenters. The maximum atomic E-state index is 12.5.